The molecule has 10 heteroatoms. The van der Waals surface area contributed by atoms with E-state index in [1.807, 2.05) is 0 Å². The highest BCUT2D eigenvalue weighted by atomic mass is 35.5. The average Bonchev–Trinajstić information content (AvgIpc) is 2.94. The first-order chi connectivity index (χ1) is 18.9. The second kappa shape index (κ2) is 13.2. The maximum Gasteiger partial charge on any atom is 0.343 e. The Morgan fingerprint density at radius 1 is 0.744 bits per heavy atom. The zero-order valence-corrected chi connectivity index (χ0v) is 21.7. The standard InChI is InChI=1S/C29H20Cl2N2O6/c30-22-12-14-25(24(31)15-22)37-18-27(34)33-32-17-21-11-13-23(38-28(35)19-7-3-1-4-8-19)16-26(21)39-29(36)20-9-5-2-6-10-20/h1-17H,18H2,(H,33,34)/b32-17+. The minimum Gasteiger partial charge on any atom is -0.482 e. The van der Waals surface area contributed by atoms with E-state index in [9.17, 15) is 14.4 Å². The summed E-state index contributed by atoms with van der Waals surface area (Å²) in [5.74, 6) is -1.28. The van der Waals surface area contributed by atoms with Crippen molar-refractivity contribution in [2.24, 2.45) is 5.10 Å². The SMILES string of the molecule is O=C(COc1ccc(Cl)cc1Cl)N/N=C/c1ccc(OC(=O)c2ccccc2)cc1OC(=O)c1ccccc1. The van der Waals surface area contributed by atoms with Crippen molar-refractivity contribution in [1.29, 1.82) is 0 Å². The highest BCUT2D eigenvalue weighted by Gasteiger charge is 2.15. The minimum absolute atomic E-state index is 0.0596. The van der Waals surface area contributed by atoms with Crippen molar-refractivity contribution in [2.75, 3.05) is 6.61 Å². The molecule has 0 spiro atoms. The van der Waals surface area contributed by atoms with Crippen molar-refractivity contribution >= 4 is 47.3 Å². The number of hydrogen-bond donors (Lipinski definition) is 1. The van der Waals surface area contributed by atoms with Crippen LogP contribution in [0.5, 0.6) is 17.2 Å². The normalized spacial score (nSPS) is 10.6. The van der Waals surface area contributed by atoms with E-state index in [1.165, 1.54) is 30.5 Å². The third kappa shape index (κ3) is 7.91. The Balaban J connectivity index is 1.47. The van der Waals surface area contributed by atoms with Gasteiger partial charge in [0.1, 0.15) is 17.2 Å². The molecule has 0 radical (unpaired) electrons. The molecule has 0 aliphatic carbocycles. The van der Waals surface area contributed by atoms with Crippen LogP contribution < -0.4 is 19.6 Å². The van der Waals surface area contributed by atoms with Crippen LogP contribution in [0.1, 0.15) is 26.3 Å². The summed E-state index contributed by atoms with van der Waals surface area (Å²) in [4.78, 5) is 37.3. The lowest BCUT2D eigenvalue weighted by Gasteiger charge is -2.11. The number of nitrogens with zero attached hydrogens (tertiary/aromatic N) is 1. The Bertz CT molecular complexity index is 1510. The lowest BCUT2D eigenvalue weighted by atomic mass is 10.2. The van der Waals surface area contributed by atoms with Gasteiger partial charge in [-0.15, -0.1) is 0 Å². The van der Waals surface area contributed by atoms with Crippen molar-refractivity contribution in [2.45, 2.75) is 0 Å². The van der Waals surface area contributed by atoms with Gasteiger partial charge in [-0.1, -0.05) is 59.6 Å². The quantitative estimate of drug-likeness (QED) is 0.117. The Labute approximate surface area is 233 Å². The van der Waals surface area contributed by atoms with E-state index in [0.717, 1.165) is 0 Å². The van der Waals surface area contributed by atoms with Gasteiger partial charge in [-0.2, -0.15) is 5.10 Å². The van der Waals surface area contributed by atoms with E-state index in [2.05, 4.69) is 10.5 Å². The van der Waals surface area contributed by atoms with E-state index in [4.69, 9.17) is 37.4 Å². The van der Waals surface area contributed by atoms with Crippen LogP contribution in [-0.2, 0) is 4.79 Å². The molecule has 0 aliphatic rings. The van der Waals surface area contributed by atoms with Gasteiger partial charge in [0.2, 0.25) is 0 Å². The molecule has 0 aromatic heterocycles. The van der Waals surface area contributed by atoms with E-state index in [0.29, 0.717) is 21.7 Å². The molecule has 4 rings (SSSR count). The molecule has 0 aliphatic heterocycles. The maximum absolute atomic E-state index is 12.7. The summed E-state index contributed by atoms with van der Waals surface area (Å²) in [5.41, 5.74) is 3.33. The molecule has 0 bridgehead atoms. The summed E-state index contributed by atoms with van der Waals surface area (Å²) >= 11 is 11.9. The Kier molecular flexibility index (Phi) is 9.29. The smallest absolute Gasteiger partial charge is 0.343 e. The first kappa shape index (κ1) is 27.4. The maximum atomic E-state index is 12.7. The molecule has 196 valence electrons. The number of carbonyl (C=O) groups excluding carboxylic acids is 3. The van der Waals surface area contributed by atoms with Crippen molar-refractivity contribution in [3.63, 3.8) is 0 Å². The summed E-state index contributed by atoms with van der Waals surface area (Å²) in [5, 5.41) is 4.61. The number of hydrogen-bond acceptors (Lipinski definition) is 7. The number of hydrazone groups is 1. The number of esters is 2. The van der Waals surface area contributed by atoms with Crippen molar-refractivity contribution in [1.82, 2.24) is 5.43 Å². The molecule has 39 heavy (non-hydrogen) atoms. The molecule has 0 saturated carbocycles. The van der Waals surface area contributed by atoms with Crippen LogP contribution >= 0.6 is 23.2 Å². The topological polar surface area (TPSA) is 103 Å². The van der Waals surface area contributed by atoms with E-state index >= 15 is 0 Å². The lowest BCUT2D eigenvalue weighted by molar-refractivity contribution is -0.123. The first-order valence-corrected chi connectivity index (χ1v) is 12.2. The number of benzene rings is 4. The fourth-order valence-corrected chi connectivity index (χ4v) is 3.65. The Morgan fingerprint density at radius 3 is 2.03 bits per heavy atom. The van der Waals surface area contributed by atoms with Crippen LogP contribution in [0.2, 0.25) is 10.0 Å². The number of rotatable bonds is 9. The predicted molar refractivity (Wildman–Crippen MR) is 147 cm³/mol. The number of nitrogens with one attached hydrogen (secondary N) is 1. The summed E-state index contributed by atoms with van der Waals surface area (Å²) in [6.45, 7) is -0.358. The summed E-state index contributed by atoms with van der Waals surface area (Å²) < 4.78 is 16.4. The molecular formula is C29H20Cl2N2O6. The number of amides is 1. The number of carbonyl (C=O) groups is 3. The van der Waals surface area contributed by atoms with Crippen LogP contribution in [0.15, 0.2) is 102 Å². The molecular weight excluding hydrogens is 543 g/mol. The van der Waals surface area contributed by atoms with Crippen LogP contribution in [0.25, 0.3) is 0 Å². The van der Waals surface area contributed by atoms with Crippen molar-refractivity contribution in [3.8, 4) is 17.2 Å². The second-order valence-corrected chi connectivity index (χ2v) is 8.71. The van der Waals surface area contributed by atoms with Crippen molar-refractivity contribution in [3.05, 3.63) is 124 Å². The molecule has 1 amide bonds. The first-order valence-electron chi connectivity index (χ1n) is 11.5. The molecule has 0 heterocycles. The Morgan fingerprint density at radius 2 is 1.38 bits per heavy atom. The van der Waals surface area contributed by atoms with E-state index < -0.39 is 17.8 Å². The van der Waals surface area contributed by atoms with Gasteiger partial charge in [-0.3, -0.25) is 4.79 Å². The third-order valence-electron chi connectivity index (χ3n) is 5.06. The molecule has 4 aromatic carbocycles. The summed E-state index contributed by atoms with van der Waals surface area (Å²) in [6.07, 6.45) is 1.28. The second-order valence-electron chi connectivity index (χ2n) is 7.87. The van der Waals surface area contributed by atoms with E-state index in [-0.39, 0.29) is 28.9 Å². The van der Waals surface area contributed by atoms with Gasteiger partial charge in [0.05, 0.1) is 22.4 Å². The molecule has 8 nitrogen and oxygen atoms in total. The summed E-state index contributed by atoms with van der Waals surface area (Å²) in [6, 6.07) is 25.9. The fourth-order valence-electron chi connectivity index (χ4n) is 3.19. The van der Waals surface area contributed by atoms with Gasteiger partial charge in [-0.05, 0) is 54.6 Å². The van der Waals surface area contributed by atoms with Gasteiger partial charge < -0.3 is 14.2 Å². The highest BCUT2D eigenvalue weighted by Crippen LogP contribution is 2.28. The van der Waals surface area contributed by atoms with Gasteiger partial charge >= 0.3 is 11.9 Å². The zero-order chi connectivity index (χ0) is 27.6. The van der Waals surface area contributed by atoms with Crippen LogP contribution in [0.3, 0.4) is 0 Å². The molecule has 0 fully saturated rings. The lowest BCUT2D eigenvalue weighted by Crippen LogP contribution is -2.24. The van der Waals surface area contributed by atoms with Gasteiger partial charge in [0, 0.05) is 16.7 Å². The fraction of sp³-hybridized carbons (Fsp3) is 0.0345. The van der Waals surface area contributed by atoms with Gasteiger partial charge in [-0.25, -0.2) is 15.0 Å². The van der Waals surface area contributed by atoms with Crippen LogP contribution in [0.4, 0.5) is 0 Å². The minimum atomic E-state index is -0.630. The van der Waals surface area contributed by atoms with Gasteiger partial charge in [0.15, 0.2) is 6.61 Å². The number of ether oxygens (including phenoxy) is 3. The average molecular weight is 563 g/mol. The third-order valence-corrected chi connectivity index (χ3v) is 5.59. The molecule has 0 unspecified atom stereocenters. The van der Waals surface area contributed by atoms with Gasteiger partial charge in [0.25, 0.3) is 5.91 Å². The summed E-state index contributed by atoms with van der Waals surface area (Å²) in [7, 11) is 0. The van der Waals surface area contributed by atoms with Crippen molar-refractivity contribution < 1.29 is 28.6 Å². The zero-order valence-electron chi connectivity index (χ0n) is 20.2. The molecule has 0 atom stereocenters. The van der Waals surface area contributed by atoms with E-state index in [1.54, 1.807) is 72.8 Å². The monoisotopic (exact) mass is 562 g/mol. The van der Waals surface area contributed by atoms with Crippen LogP contribution in [0, 0.1) is 0 Å². The predicted octanol–water partition coefficient (Wildman–Crippen LogP) is 5.96. The van der Waals surface area contributed by atoms with Crippen LogP contribution in [-0.4, -0.2) is 30.7 Å². The Hall–Kier alpha value is -4.66. The molecule has 0 saturated heterocycles. The number of halogens is 2. The largest absolute Gasteiger partial charge is 0.482 e. The molecule has 4 aromatic rings. The highest BCUT2D eigenvalue weighted by molar-refractivity contribution is 6.35. The molecule has 1 N–H and O–H groups in total.